The van der Waals surface area contributed by atoms with Crippen LogP contribution < -0.4 is 10.7 Å². The summed E-state index contributed by atoms with van der Waals surface area (Å²) < 4.78 is 0. The third-order valence-corrected chi connectivity index (χ3v) is 5.97. The van der Waals surface area contributed by atoms with Crippen LogP contribution >= 0.6 is 0 Å². The molecule has 0 radical (unpaired) electrons. The Bertz CT molecular complexity index is 323. The van der Waals surface area contributed by atoms with Crippen LogP contribution in [0.5, 0.6) is 0 Å². The minimum absolute atomic E-state index is 0.00272. The molecule has 1 amide bonds. The summed E-state index contributed by atoms with van der Waals surface area (Å²) in [6.45, 7) is 4.16. The first-order valence-corrected chi connectivity index (χ1v) is 8.10. The summed E-state index contributed by atoms with van der Waals surface area (Å²) in [5.74, 6) is -0.00272. The highest BCUT2D eigenvalue weighted by Gasteiger charge is 2.26. The Morgan fingerprint density at radius 1 is 1.40 bits per heavy atom. The number of carbonyl (C=O) groups is 1. The third-order valence-electron chi connectivity index (χ3n) is 2.68. The van der Waals surface area contributed by atoms with E-state index in [1.54, 1.807) is 0 Å². The maximum absolute atomic E-state index is 11.8. The van der Waals surface area contributed by atoms with Gasteiger partial charge in [-0.15, -0.1) is 0 Å². The van der Waals surface area contributed by atoms with E-state index in [9.17, 15) is 4.79 Å². The quantitative estimate of drug-likeness (QED) is 0.759. The standard InChI is InChI=1S/C11H18N2OSi/c1-3-15(2,9-12)13-11(14)10-7-5-4-6-8-10/h4-8H,3,9,12H2,1-2H3,(H,13,14). The summed E-state index contributed by atoms with van der Waals surface area (Å²) in [6, 6.07) is 10.2. The Balaban J connectivity index is 2.72. The Morgan fingerprint density at radius 3 is 2.47 bits per heavy atom. The number of benzene rings is 1. The summed E-state index contributed by atoms with van der Waals surface area (Å²) in [4.78, 5) is 14.9. The van der Waals surface area contributed by atoms with Crippen molar-refractivity contribution in [3.8, 4) is 0 Å². The number of hydrogen-bond donors (Lipinski definition) is 2. The molecule has 0 spiro atoms. The van der Waals surface area contributed by atoms with Gasteiger partial charge in [-0.3, -0.25) is 4.79 Å². The van der Waals surface area contributed by atoms with Gasteiger partial charge in [-0.1, -0.05) is 31.7 Å². The molecule has 1 rings (SSSR count). The van der Waals surface area contributed by atoms with Crippen LogP contribution in [0.2, 0.25) is 12.6 Å². The van der Waals surface area contributed by atoms with Crippen LogP contribution in [0.1, 0.15) is 17.3 Å². The zero-order valence-electron chi connectivity index (χ0n) is 9.29. The molecule has 1 aromatic rings. The van der Waals surface area contributed by atoms with Crippen molar-refractivity contribution in [1.82, 2.24) is 4.98 Å². The predicted molar refractivity (Wildman–Crippen MR) is 65.1 cm³/mol. The van der Waals surface area contributed by atoms with Crippen molar-refractivity contribution < 1.29 is 4.79 Å². The molecule has 3 nitrogen and oxygen atoms in total. The van der Waals surface area contributed by atoms with Crippen LogP contribution in [0.25, 0.3) is 0 Å². The Hall–Kier alpha value is -1.13. The number of rotatable bonds is 4. The van der Waals surface area contributed by atoms with E-state index in [4.69, 9.17) is 5.73 Å². The highest BCUT2D eigenvalue weighted by atomic mass is 28.3. The topological polar surface area (TPSA) is 55.1 Å². The molecule has 0 saturated heterocycles. The number of amides is 1. The minimum atomic E-state index is -1.76. The molecule has 0 saturated carbocycles. The van der Waals surface area contributed by atoms with Gasteiger partial charge in [0.15, 0.2) is 8.24 Å². The van der Waals surface area contributed by atoms with Crippen molar-refractivity contribution in [2.24, 2.45) is 5.73 Å². The fourth-order valence-electron chi connectivity index (χ4n) is 1.22. The lowest BCUT2D eigenvalue weighted by molar-refractivity contribution is 0.0977. The molecule has 0 aromatic heterocycles. The molecule has 82 valence electrons. The zero-order chi connectivity index (χ0) is 11.3. The van der Waals surface area contributed by atoms with Gasteiger partial charge in [-0.05, 0) is 18.2 Å². The molecule has 1 unspecified atom stereocenters. The zero-order valence-corrected chi connectivity index (χ0v) is 10.3. The molecule has 0 aliphatic carbocycles. The molecule has 4 heteroatoms. The van der Waals surface area contributed by atoms with E-state index in [1.165, 1.54) is 0 Å². The van der Waals surface area contributed by atoms with Crippen molar-refractivity contribution >= 4 is 14.1 Å². The lowest BCUT2D eigenvalue weighted by Gasteiger charge is -2.25. The van der Waals surface area contributed by atoms with Crippen LogP contribution in [-0.2, 0) is 0 Å². The molecular formula is C11H18N2OSi. The highest BCUT2D eigenvalue weighted by Crippen LogP contribution is 2.05. The Morgan fingerprint density at radius 2 is 2.00 bits per heavy atom. The van der Waals surface area contributed by atoms with Gasteiger partial charge in [0, 0.05) is 11.7 Å². The largest absolute Gasteiger partial charge is 0.377 e. The van der Waals surface area contributed by atoms with Gasteiger partial charge in [-0.2, -0.15) is 0 Å². The van der Waals surface area contributed by atoms with Gasteiger partial charge >= 0.3 is 0 Å². The number of nitrogens with one attached hydrogen (secondary N) is 1. The van der Waals surface area contributed by atoms with Crippen LogP contribution in [0.4, 0.5) is 0 Å². The van der Waals surface area contributed by atoms with Crippen LogP contribution in [0.15, 0.2) is 30.3 Å². The second-order valence-electron chi connectivity index (χ2n) is 3.94. The second kappa shape index (κ2) is 5.09. The molecule has 15 heavy (non-hydrogen) atoms. The van der Waals surface area contributed by atoms with Gasteiger partial charge in [0.05, 0.1) is 0 Å². The summed E-state index contributed by atoms with van der Waals surface area (Å²) >= 11 is 0. The monoisotopic (exact) mass is 222 g/mol. The van der Waals surface area contributed by atoms with Gasteiger partial charge in [0.2, 0.25) is 5.91 Å². The average molecular weight is 222 g/mol. The lowest BCUT2D eigenvalue weighted by Crippen LogP contribution is -2.56. The summed E-state index contributed by atoms with van der Waals surface area (Å²) in [7, 11) is -1.76. The lowest BCUT2D eigenvalue weighted by atomic mass is 10.2. The maximum Gasteiger partial charge on any atom is 0.243 e. The van der Waals surface area contributed by atoms with E-state index < -0.39 is 8.24 Å². The van der Waals surface area contributed by atoms with Crippen LogP contribution in [-0.4, -0.2) is 20.3 Å². The number of hydrogen-bond acceptors (Lipinski definition) is 2. The summed E-state index contributed by atoms with van der Waals surface area (Å²) in [5, 5.41) is 0. The fraction of sp³-hybridized carbons (Fsp3) is 0.364. The molecule has 3 N–H and O–H groups in total. The van der Waals surface area contributed by atoms with E-state index in [2.05, 4.69) is 18.5 Å². The normalized spacial score (nSPS) is 14.3. The van der Waals surface area contributed by atoms with Crippen LogP contribution in [0, 0.1) is 0 Å². The van der Waals surface area contributed by atoms with E-state index in [0.29, 0.717) is 11.7 Å². The van der Waals surface area contributed by atoms with Gasteiger partial charge in [0.25, 0.3) is 0 Å². The van der Waals surface area contributed by atoms with Crippen LogP contribution in [0.3, 0.4) is 0 Å². The third kappa shape index (κ3) is 3.18. The van der Waals surface area contributed by atoms with Crippen molar-refractivity contribution in [1.29, 1.82) is 0 Å². The molecule has 0 heterocycles. The van der Waals surface area contributed by atoms with Crippen molar-refractivity contribution in [2.75, 3.05) is 6.17 Å². The first-order chi connectivity index (χ1) is 7.11. The average Bonchev–Trinajstić information content (AvgIpc) is 2.30. The smallest absolute Gasteiger partial charge is 0.243 e. The SMILES string of the molecule is CC[Si](C)(CN)NC(=O)c1ccccc1. The molecule has 1 aromatic carbocycles. The fourth-order valence-corrected chi connectivity index (χ4v) is 2.48. The van der Waals surface area contributed by atoms with Crippen molar-refractivity contribution in [2.45, 2.75) is 19.5 Å². The highest BCUT2D eigenvalue weighted by molar-refractivity contribution is 6.78. The van der Waals surface area contributed by atoms with Crippen molar-refractivity contribution in [3.05, 3.63) is 35.9 Å². The molecule has 0 aliphatic rings. The Labute approximate surface area is 91.8 Å². The summed E-state index contributed by atoms with van der Waals surface area (Å²) in [5.41, 5.74) is 6.40. The first kappa shape index (κ1) is 11.9. The van der Waals surface area contributed by atoms with E-state index in [-0.39, 0.29) is 5.91 Å². The van der Waals surface area contributed by atoms with E-state index in [1.807, 2.05) is 30.3 Å². The van der Waals surface area contributed by atoms with Gasteiger partial charge < -0.3 is 10.7 Å². The molecular weight excluding hydrogens is 204 g/mol. The first-order valence-electron chi connectivity index (χ1n) is 5.19. The second-order valence-corrected chi connectivity index (χ2v) is 8.43. The van der Waals surface area contributed by atoms with E-state index >= 15 is 0 Å². The molecule has 0 fully saturated rings. The van der Waals surface area contributed by atoms with Gasteiger partial charge in [0.1, 0.15) is 0 Å². The molecule has 0 aliphatic heterocycles. The molecule has 1 atom stereocenters. The maximum atomic E-state index is 11.8. The predicted octanol–water partition coefficient (Wildman–Crippen LogP) is 1.51. The Kier molecular flexibility index (Phi) is 4.05. The minimum Gasteiger partial charge on any atom is -0.377 e. The number of carbonyl (C=O) groups excluding carboxylic acids is 1. The van der Waals surface area contributed by atoms with Gasteiger partial charge in [-0.25, -0.2) is 0 Å². The molecule has 0 bridgehead atoms. The summed E-state index contributed by atoms with van der Waals surface area (Å²) in [6.07, 6.45) is 0.585. The number of nitrogens with two attached hydrogens (primary N) is 1. The van der Waals surface area contributed by atoms with E-state index in [0.717, 1.165) is 6.04 Å². The van der Waals surface area contributed by atoms with Crippen molar-refractivity contribution in [3.63, 3.8) is 0 Å².